The molecule has 0 saturated heterocycles. The average molecular weight is 870 g/mol. The van der Waals surface area contributed by atoms with Gasteiger partial charge in [-0.1, -0.05) is 82.1 Å². The molecule has 350 valence electrons. The van der Waals surface area contributed by atoms with Crippen molar-refractivity contribution in [1.29, 1.82) is 0 Å². The van der Waals surface area contributed by atoms with E-state index in [0.717, 1.165) is 0 Å². The molecule has 0 radical (unpaired) electrons. The normalized spacial score (nSPS) is 16.3. The van der Waals surface area contributed by atoms with Gasteiger partial charge in [-0.2, -0.15) is 0 Å². The fourth-order valence-corrected chi connectivity index (χ4v) is 6.12. The van der Waals surface area contributed by atoms with Crippen LogP contribution in [0.15, 0.2) is 0 Å². The van der Waals surface area contributed by atoms with Gasteiger partial charge in [-0.25, -0.2) is 4.79 Å². The molecule has 0 spiro atoms. The molecule has 0 aromatic carbocycles. The van der Waals surface area contributed by atoms with Gasteiger partial charge >= 0.3 is 5.97 Å². The SMILES string of the molecule is CC[C@H](C)[C@H](NC(=O)CNC(=O)[C@H](CC(C)C)NC(=O)[C@H](C)NC(=O)C[C@@H](N)CC(C)C)C(=O)NCC(=O)N[C@H](C(=O)N[C@H](C(=O)N[C@H](C(=O)O)C(C)C)[C@@H](C)O)[C@@H](C)CC. The highest BCUT2D eigenvalue weighted by molar-refractivity contribution is 5.96. The molecule has 20 heteroatoms. The Morgan fingerprint density at radius 3 is 1.38 bits per heavy atom. The second kappa shape index (κ2) is 27.9. The summed E-state index contributed by atoms with van der Waals surface area (Å²) in [4.78, 5) is 116. The van der Waals surface area contributed by atoms with Crippen LogP contribution in [0.4, 0.5) is 0 Å². The van der Waals surface area contributed by atoms with Crippen molar-refractivity contribution in [3.63, 3.8) is 0 Å². The van der Waals surface area contributed by atoms with Crippen molar-refractivity contribution in [2.45, 2.75) is 164 Å². The zero-order valence-corrected chi connectivity index (χ0v) is 38.1. The standard InChI is InChI=1S/C41H75N9O11/c1-13-23(9)33(47-30(53)18-43-37(56)28(16-21(5)6)46-36(55)25(11)45-29(52)17-27(42)15-20(3)4)38(57)44-19-31(54)48-34(24(10)14-2)39(58)50-35(26(12)51)40(59)49-32(22(7)8)41(60)61/h20-28,32-35,51H,13-19,42H2,1-12H3,(H,43,56)(H,44,57)(H,45,52)(H,46,55)(H,47,53)(H,48,54)(H,49,59)(H,50,58)(H,60,61)/t23-,24-,25-,26+,27-,28-,32-,33-,34-,35-/m0/s1. The maximum Gasteiger partial charge on any atom is 0.326 e. The van der Waals surface area contributed by atoms with Crippen LogP contribution < -0.4 is 48.3 Å². The second-order valence-corrected chi connectivity index (χ2v) is 17.2. The molecule has 0 unspecified atom stereocenters. The lowest BCUT2D eigenvalue weighted by Gasteiger charge is -2.29. The highest BCUT2D eigenvalue weighted by Gasteiger charge is 2.35. The zero-order valence-electron chi connectivity index (χ0n) is 38.1. The molecule has 0 aromatic heterocycles. The van der Waals surface area contributed by atoms with Crippen LogP contribution in [0.25, 0.3) is 0 Å². The number of aliphatic hydroxyl groups is 1. The number of hydrogen-bond acceptors (Lipinski definition) is 11. The molecule has 12 N–H and O–H groups in total. The third-order valence-corrected chi connectivity index (χ3v) is 10.1. The maximum atomic E-state index is 13.4. The van der Waals surface area contributed by atoms with E-state index in [-0.39, 0.29) is 24.8 Å². The number of amides is 8. The Bertz CT molecular complexity index is 1490. The summed E-state index contributed by atoms with van der Waals surface area (Å²) in [6, 6.07) is -7.57. The smallest absolute Gasteiger partial charge is 0.326 e. The van der Waals surface area contributed by atoms with E-state index in [1.54, 1.807) is 41.5 Å². The monoisotopic (exact) mass is 870 g/mol. The van der Waals surface area contributed by atoms with E-state index in [1.165, 1.54) is 13.8 Å². The molecular formula is C41H75N9O11. The Kier molecular flexibility index (Phi) is 25.7. The van der Waals surface area contributed by atoms with Crippen LogP contribution in [-0.2, 0) is 43.2 Å². The van der Waals surface area contributed by atoms with Gasteiger partial charge in [0, 0.05) is 12.5 Å². The molecule has 0 fully saturated rings. The highest BCUT2D eigenvalue weighted by Crippen LogP contribution is 2.12. The van der Waals surface area contributed by atoms with Gasteiger partial charge in [0.2, 0.25) is 47.3 Å². The summed E-state index contributed by atoms with van der Waals surface area (Å²) in [5, 5.41) is 39.8. The van der Waals surface area contributed by atoms with E-state index in [1.807, 2.05) is 27.7 Å². The van der Waals surface area contributed by atoms with Gasteiger partial charge in [0.05, 0.1) is 19.2 Å². The summed E-state index contributed by atoms with van der Waals surface area (Å²) in [5.41, 5.74) is 6.02. The lowest BCUT2D eigenvalue weighted by molar-refractivity contribution is -0.144. The van der Waals surface area contributed by atoms with Crippen LogP contribution in [0.1, 0.15) is 115 Å². The number of rotatable bonds is 28. The van der Waals surface area contributed by atoms with Crippen molar-refractivity contribution in [1.82, 2.24) is 42.5 Å². The number of carboxylic acids is 1. The van der Waals surface area contributed by atoms with Crippen LogP contribution in [-0.4, -0.2) is 125 Å². The van der Waals surface area contributed by atoms with Gasteiger partial charge < -0.3 is 58.5 Å². The van der Waals surface area contributed by atoms with Crippen molar-refractivity contribution in [3.8, 4) is 0 Å². The third kappa shape index (κ3) is 21.5. The first-order valence-corrected chi connectivity index (χ1v) is 21.3. The summed E-state index contributed by atoms with van der Waals surface area (Å²) in [5.74, 6) is -8.08. The number of carbonyl (C=O) groups excluding carboxylic acids is 8. The molecule has 10 atom stereocenters. The van der Waals surface area contributed by atoms with Gasteiger partial charge in [-0.05, 0) is 56.3 Å². The number of aliphatic hydroxyl groups excluding tert-OH is 1. The van der Waals surface area contributed by atoms with Crippen molar-refractivity contribution >= 4 is 53.2 Å². The van der Waals surface area contributed by atoms with Crippen molar-refractivity contribution in [2.24, 2.45) is 35.3 Å². The van der Waals surface area contributed by atoms with Gasteiger partial charge in [-0.3, -0.25) is 38.4 Å². The predicted octanol–water partition coefficient (Wildman–Crippen LogP) is -0.829. The number of nitrogens with two attached hydrogens (primary N) is 1. The first kappa shape index (κ1) is 56.1. The molecule has 20 nitrogen and oxygen atoms in total. The minimum absolute atomic E-state index is 0.0361. The number of carbonyl (C=O) groups is 9. The molecular weight excluding hydrogens is 795 g/mol. The van der Waals surface area contributed by atoms with Crippen LogP contribution in [0.2, 0.25) is 0 Å². The third-order valence-electron chi connectivity index (χ3n) is 10.1. The number of carboxylic acid groups (broad SMARTS) is 1. The lowest BCUT2D eigenvalue weighted by Crippen LogP contribution is -2.61. The van der Waals surface area contributed by atoms with Gasteiger partial charge in [-0.15, -0.1) is 0 Å². The Morgan fingerprint density at radius 1 is 0.508 bits per heavy atom. The largest absolute Gasteiger partial charge is 0.480 e. The van der Waals surface area contributed by atoms with E-state index >= 15 is 0 Å². The van der Waals surface area contributed by atoms with Crippen molar-refractivity contribution in [3.05, 3.63) is 0 Å². The van der Waals surface area contributed by atoms with E-state index in [4.69, 9.17) is 5.73 Å². The van der Waals surface area contributed by atoms with Gasteiger partial charge in [0.25, 0.3) is 0 Å². The molecule has 0 aliphatic heterocycles. The van der Waals surface area contributed by atoms with E-state index in [9.17, 15) is 53.4 Å². The first-order valence-electron chi connectivity index (χ1n) is 21.3. The Labute approximate surface area is 360 Å². The summed E-state index contributed by atoms with van der Waals surface area (Å²) in [6.07, 6.45) is 0.308. The number of hydrogen-bond donors (Lipinski definition) is 11. The predicted molar refractivity (Wildman–Crippen MR) is 228 cm³/mol. The number of aliphatic carboxylic acids is 1. The van der Waals surface area contributed by atoms with Gasteiger partial charge in [0.1, 0.15) is 36.3 Å². The molecule has 0 heterocycles. The molecule has 8 amide bonds. The fraction of sp³-hybridized carbons (Fsp3) is 0.780. The molecule has 0 rings (SSSR count). The zero-order chi connectivity index (χ0) is 47.3. The molecule has 0 aromatic rings. The topological polar surface area (TPSA) is 316 Å². The number of nitrogens with one attached hydrogen (secondary N) is 8. The quantitative estimate of drug-likeness (QED) is 0.0459. The fourth-order valence-electron chi connectivity index (χ4n) is 6.12. The van der Waals surface area contributed by atoms with Gasteiger partial charge in [0.15, 0.2) is 0 Å². The van der Waals surface area contributed by atoms with Crippen LogP contribution in [0.3, 0.4) is 0 Å². The van der Waals surface area contributed by atoms with E-state index in [2.05, 4.69) is 42.5 Å². The summed E-state index contributed by atoms with van der Waals surface area (Å²) < 4.78 is 0. The van der Waals surface area contributed by atoms with E-state index < -0.39 is 126 Å². The minimum Gasteiger partial charge on any atom is -0.480 e. The summed E-state index contributed by atoms with van der Waals surface area (Å²) in [7, 11) is 0. The summed E-state index contributed by atoms with van der Waals surface area (Å²) >= 11 is 0. The van der Waals surface area contributed by atoms with Crippen LogP contribution >= 0.6 is 0 Å². The molecule has 0 bridgehead atoms. The minimum atomic E-state index is -1.55. The van der Waals surface area contributed by atoms with Crippen LogP contribution in [0.5, 0.6) is 0 Å². The first-order chi connectivity index (χ1) is 28.2. The Morgan fingerprint density at radius 2 is 0.951 bits per heavy atom. The highest BCUT2D eigenvalue weighted by atomic mass is 16.4. The Balaban J connectivity index is 5.60. The maximum absolute atomic E-state index is 13.4. The molecule has 0 aliphatic rings. The lowest BCUT2D eigenvalue weighted by atomic mass is 9.97. The van der Waals surface area contributed by atoms with Crippen molar-refractivity contribution < 1.29 is 53.4 Å². The second-order valence-electron chi connectivity index (χ2n) is 17.2. The van der Waals surface area contributed by atoms with Crippen molar-refractivity contribution in [2.75, 3.05) is 13.1 Å². The van der Waals surface area contributed by atoms with E-state index in [0.29, 0.717) is 25.2 Å². The Hall–Kier alpha value is -4.85. The van der Waals surface area contributed by atoms with Crippen LogP contribution in [0, 0.1) is 29.6 Å². The molecule has 61 heavy (non-hydrogen) atoms. The average Bonchev–Trinajstić information content (AvgIpc) is 3.15. The summed E-state index contributed by atoms with van der Waals surface area (Å²) in [6.45, 7) is 19.3. The molecule has 0 aliphatic carbocycles. The molecule has 0 saturated carbocycles.